The molecule has 0 aliphatic carbocycles. The van der Waals surface area contributed by atoms with Gasteiger partial charge in [-0.3, -0.25) is 14.6 Å². The summed E-state index contributed by atoms with van der Waals surface area (Å²) in [6.45, 7) is 1.74. The monoisotopic (exact) mass is 430 g/mol. The Balaban J connectivity index is 1.49. The molecule has 0 radical (unpaired) electrons. The fraction of sp³-hybridized carbons (Fsp3) is 0.261. The molecule has 9 heteroatoms. The highest BCUT2D eigenvalue weighted by molar-refractivity contribution is 5.97. The van der Waals surface area contributed by atoms with E-state index in [-0.39, 0.29) is 17.9 Å². The molecule has 4 heterocycles. The van der Waals surface area contributed by atoms with Crippen molar-refractivity contribution in [2.45, 2.75) is 5.41 Å². The van der Waals surface area contributed by atoms with Gasteiger partial charge < -0.3 is 20.3 Å². The number of fused-ring (bicyclic) bond motifs is 2. The van der Waals surface area contributed by atoms with Gasteiger partial charge in [-0.25, -0.2) is 9.97 Å². The van der Waals surface area contributed by atoms with Crippen molar-refractivity contribution >= 4 is 23.5 Å². The van der Waals surface area contributed by atoms with E-state index in [9.17, 15) is 9.59 Å². The second-order valence-electron chi connectivity index (χ2n) is 8.21. The topological polar surface area (TPSA) is 115 Å². The largest absolute Gasteiger partial charge is 0.379 e. The lowest BCUT2D eigenvalue weighted by Crippen LogP contribution is -2.49. The lowest BCUT2D eigenvalue weighted by Gasteiger charge is -2.38. The number of likely N-dealkylation sites (N-methyl/N-ethyl adjacent to an activating group) is 1. The van der Waals surface area contributed by atoms with Crippen molar-refractivity contribution in [2.24, 2.45) is 5.73 Å². The van der Waals surface area contributed by atoms with Crippen molar-refractivity contribution in [2.75, 3.05) is 38.3 Å². The Morgan fingerprint density at radius 1 is 1.16 bits per heavy atom. The van der Waals surface area contributed by atoms with Gasteiger partial charge in [-0.15, -0.1) is 0 Å². The number of nitrogens with two attached hydrogens (primary N) is 1. The number of carbonyl (C=O) groups is 2. The first-order chi connectivity index (χ1) is 15.5. The Morgan fingerprint density at radius 2 is 1.94 bits per heavy atom. The third kappa shape index (κ3) is 3.36. The molecule has 1 saturated heterocycles. The number of anilines is 2. The van der Waals surface area contributed by atoms with E-state index in [4.69, 9.17) is 10.5 Å². The van der Waals surface area contributed by atoms with Crippen LogP contribution < -0.4 is 10.6 Å². The molecule has 3 aromatic rings. The molecule has 0 unspecified atom stereocenters. The van der Waals surface area contributed by atoms with Gasteiger partial charge in [-0.05, 0) is 29.8 Å². The molecule has 1 fully saturated rings. The molecule has 2 N–H and O–H groups in total. The SMILES string of the molecule is CN(CC(N)=O)C(=O)c1ccc2c(c1)N(c1ncc(-c3ccccn3)cn1)CC21COC1. The van der Waals surface area contributed by atoms with E-state index in [0.29, 0.717) is 31.3 Å². The minimum absolute atomic E-state index is 0.140. The van der Waals surface area contributed by atoms with Gasteiger partial charge in [-0.1, -0.05) is 12.1 Å². The summed E-state index contributed by atoms with van der Waals surface area (Å²) in [5, 5.41) is 0. The molecular weight excluding hydrogens is 408 g/mol. The maximum atomic E-state index is 12.8. The number of aromatic nitrogens is 3. The zero-order valence-corrected chi connectivity index (χ0v) is 17.6. The zero-order chi connectivity index (χ0) is 22.3. The number of pyridine rings is 1. The summed E-state index contributed by atoms with van der Waals surface area (Å²) < 4.78 is 5.54. The highest BCUT2D eigenvalue weighted by Gasteiger charge is 2.49. The number of rotatable bonds is 5. The molecule has 1 aromatic carbocycles. The first-order valence-electron chi connectivity index (χ1n) is 10.2. The smallest absolute Gasteiger partial charge is 0.254 e. The first kappa shape index (κ1) is 20.1. The van der Waals surface area contributed by atoms with Crippen LogP contribution in [0.5, 0.6) is 0 Å². The summed E-state index contributed by atoms with van der Waals surface area (Å²) in [5.74, 6) is -0.288. The zero-order valence-electron chi connectivity index (χ0n) is 17.6. The van der Waals surface area contributed by atoms with Crippen LogP contribution in [0.2, 0.25) is 0 Å². The molecule has 0 atom stereocenters. The molecule has 32 heavy (non-hydrogen) atoms. The van der Waals surface area contributed by atoms with Gasteiger partial charge in [0.1, 0.15) is 0 Å². The minimum Gasteiger partial charge on any atom is -0.379 e. The van der Waals surface area contributed by atoms with E-state index in [1.54, 1.807) is 31.7 Å². The molecule has 162 valence electrons. The van der Waals surface area contributed by atoms with Crippen LogP contribution in [-0.4, -0.2) is 65.0 Å². The standard InChI is InChI=1S/C23H22N6O3/c1-28(11-20(24)30)21(31)15-5-6-17-19(8-15)29(12-23(17)13-32-14-23)22-26-9-16(10-27-22)18-4-2-3-7-25-18/h2-10H,11-14H2,1H3,(H2,24,30). The number of primary amides is 1. The lowest BCUT2D eigenvalue weighted by molar-refractivity contribution is -0.118. The van der Waals surface area contributed by atoms with E-state index >= 15 is 0 Å². The predicted molar refractivity (Wildman–Crippen MR) is 117 cm³/mol. The quantitative estimate of drug-likeness (QED) is 0.653. The third-order valence-corrected chi connectivity index (χ3v) is 5.90. The second-order valence-corrected chi connectivity index (χ2v) is 8.21. The Bertz CT molecular complexity index is 1180. The first-order valence-corrected chi connectivity index (χ1v) is 10.2. The van der Waals surface area contributed by atoms with E-state index in [1.807, 2.05) is 35.2 Å². The van der Waals surface area contributed by atoms with E-state index < -0.39 is 5.91 Å². The summed E-state index contributed by atoms with van der Waals surface area (Å²) in [7, 11) is 1.55. The van der Waals surface area contributed by atoms with Gasteiger partial charge >= 0.3 is 0 Å². The molecule has 9 nitrogen and oxygen atoms in total. The maximum absolute atomic E-state index is 12.8. The summed E-state index contributed by atoms with van der Waals surface area (Å²) >= 11 is 0. The van der Waals surface area contributed by atoms with Crippen molar-refractivity contribution in [3.05, 3.63) is 66.1 Å². The predicted octanol–water partition coefficient (Wildman–Crippen LogP) is 1.52. The summed E-state index contributed by atoms with van der Waals surface area (Å²) in [5.41, 5.74) is 9.18. The van der Waals surface area contributed by atoms with E-state index in [0.717, 1.165) is 22.5 Å². The van der Waals surface area contributed by atoms with Crippen molar-refractivity contribution in [1.29, 1.82) is 0 Å². The Kier molecular flexibility index (Phi) is 4.82. The summed E-state index contributed by atoms with van der Waals surface area (Å²) in [6, 6.07) is 11.3. The molecule has 2 aromatic heterocycles. The number of hydrogen-bond acceptors (Lipinski definition) is 7. The van der Waals surface area contributed by atoms with Crippen molar-refractivity contribution in [3.63, 3.8) is 0 Å². The summed E-state index contributed by atoms with van der Waals surface area (Å²) in [6.07, 6.45) is 5.23. The van der Waals surface area contributed by atoms with Gasteiger partial charge in [0.05, 0.1) is 30.9 Å². The summed E-state index contributed by atoms with van der Waals surface area (Å²) in [4.78, 5) is 40.9. The number of carbonyl (C=O) groups excluding carboxylic acids is 2. The van der Waals surface area contributed by atoms with Crippen LogP contribution in [0.3, 0.4) is 0 Å². The van der Waals surface area contributed by atoms with Crippen LogP contribution >= 0.6 is 0 Å². The molecule has 0 bridgehead atoms. The van der Waals surface area contributed by atoms with Crippen molar-refractivity contribution in [3.8, 4) is 11.3 Å². The molecule has 5 rings (SSSR count). The van der Waals surface area contributed by atoms with Crippen LogP contribution in [0.1, 0.15) is 15.9 Å². The lowest BCUT2D eigenvalue weighted by atomic mass is 9.80. The van der Waals surface area contributed by atoms with Crippen LogP contribution in [0.15, 0.2) is 55.0 Å². The molecule has 0 saturated carbocycles. The third-order valence-electron chi connectivity index (χ3n) is 5.90. The number of ether oxygens (including phenoxy) is 1. The normalized spacial score (nSPS) is 15.8. The van der Waals surface area contributed by atoms with E-state index in [1.165, 1.54) is 4.90 Å². The average Bonchev–Trinajstić information content (AvgIpc) is 3.14. The van der Waals surface area contributed by atoms with Crippen molar-refractivity contribution < 1.29 is 14.3 Å². The number of hydrogen-bond donors (Lipinski definition) is 1. The van der Waals surface area contributed by atoms with Gasteiger partial charge in [-0.2, -0.15) is 0 Å². The minimum atomic E-state index is -0.560. The molecule has 1 spiro atoms. The molecule has 2 aliphatic heterocycles. The van der Waals surface area contributed by atoms with Gasteiger partial charge in [0.15, 0.2) is 0 Å². The van der Waals surface area contributed by atoms with Gasteiger partial charge in [0.25, 0.3) is 5.91 Å². The molecule has 2 aliphatic rings. The maximum Gasteiger partial charge on any atom is 0.254 e. The molecule has 2 amide bonds. The van der Waals surface area contributed by atoms with Gasteiger partial charge in [0, 0.05) is 49.0 Å². The number of benzene rings is 1. The Labute approximate surface area is 184 Å². The van der Waals surface area contributed by atoms with Crippen LogP contribution in [-0.2, 0) is 14.9 Å². The van der Waals surface area contributed by atoms with Crippen molar-refractivity contribution in [1.82, 2.24) is 19.9 Å². The fourth-order valence-corrected chi connectivity index (χ4v) is 4.24. The number of nitrogens with zero attached hydrogens (tertiary/aromatic N) is 5. The van der Waals surface area contributed by atoms with Crippen LogP contribution in [0.25, 0.3) is 11.3 Å². The van der Waals surface area contributed by atoms with Crippen LogP contribution in [0.4, 0.5) is 11.6 Å². The Morgan fingerprint density at radius 3 is 2.56 bits per heavy atom. The number of amides is 2. The second kappa shape index (κ2) is 7.69. The van der Waals surface area contributed by atoms with Gasteiger partial charge in [0.2, 0.25) is 11.9 Å². The van der Waals surface area contributed by atoms with Crippen LogP contribution in [0, 0.1) is 0 Å². The highest BCUT2D eigenvalue weighted by atomic mass is 16.5. The fourth-order valence-electron chi connectivity index (χ4n) is 4.24. The molecular formula is C23H22N6O3. The Hall–Kier alpha value is -3.85. The van der Waals surface area contributed by atoms with E-state index in [2.05, 4.69) is 15.0 Å². The highest BCUT2D eigenvalue weighted by Crippen LogP contribution is 2.47. The average molecular weight is 430 g/mol.